The maximum atomic E-state index is 5.83. The van der Waals surface area contributed by atoms with Crippen molar-refractivity contribution >= 4 is 11.6 Å². The van der Waals surface area contributed by atoms with Gasteiger partial charge in [-0.25, -0.2) is 15.0 Å². The molecule has 1 aliphatic heterocycles. The number of fused-ring (bicyclic) bond motifs is 1. The number of rotatable bonds is 1. The standard InChI is InChI=1S/C12H8ClN3/c13-9-5-3-8(4-6-9)11-15-10-2-1-7-14-12(10)16-11/h1-7,11H. The Kier molecular flexibility index (Phi) is 2.18. The van der Waals surface area contributed by atoms with E-state index < -0.39 is 0 Å². The highest BCUT2D eigenvalue weighted by Crippen LogP contribution is 2.20. The van der Waals surface area contributed by atoms with Crippen molar-refractivity contribution in [3.8, 4) is 0 Å². The summed E-state index contributed by atoms with van der Waals surface area (Å²) in [6.45, 7) is 0. The molecule has 0 fully saturated rings. The van der Waals surface area contributed by atoms with E-state index in [-0.39, 0.29) is 6.17 Å². The zero-order valence-corrected chi connectivity index (χ0v) is 9.09. The molecule has 16 heavy (non-hydrogen) atoms. The van der Waals surface area contributed by atoms with E-state index in [0.29, 0.717) is 5.49 Å². The maximum Gasteiger partial charge on any atom is 0.175 e. The van der Waals surface area contributed by atoms with Gasteiger partial charge in [-0.1, -0.05) is 23.7 Å². The SMILES string of the molecule is Clc1ccc(C2N=c3cccnc3=N2)cc1. The van der Waals surface area contributed by atoms with Gasteiger partial charge in [0, 0.05) is 11.2 Å². The molecule has 0 saturated heterocycles. The highest BCUT2D eigenvalue weighted by molar-refractivity contribution is 6.30. The molecule has 0 N–H and O–H groups in total. The average molecular weight is 230 g/mol. The molecule has 1 atom stereocenters. The molecule has 0 saturated carbocycles. The Bertz CT molecular complexity index is 599. The molecule has 1 unspecified atom stereocenters. The van der Waals surface area contributed by atoms with Crippen LogP contribution < -0.4 is 10.8 Å². The summed E-state index contributed by atoms with van der Waals surface area (Å²) in [5.41, 5.74) is 1.74. The zero-order valence-electron chi connectivity index (χ0n) is 8.34. The van der Waals surface area contributed by atoms with Crippen LogP contribution in [0.2, 0.25) is 5.02 Å². The summed E-state index contributed by atoms with van der Waals surface area (Å²) in [5, 5.41) is 1.57. The smallest absolute Gasteiger partial charge is 0.175 e. The number of nitrogens with zero attached hydrogens (tertiary/aromatic N) is 3. The van der Waals surface area contributed by atoms with Crippen molar-refractivity contribution in [3.05, 3.63) is 64.0 Å². The minimum Gasteiger partial charge on any atom is -0.250 e. The van der Waals surface area contributed by atoms with Crippen LogP contribution in [0.15, 0.2) is 52.6 Å². The van der Waals surface area contributed by atoms with Gasteiger partial charge in [-0.2, -0.15) is 0 Å². The molecule has 3 rings (SSSR count). The van der Waals surface area contributed by atoms with Crippen molar-refractivity contribution in [3.63, 3.8) is 0 Å². The van der Waals surface area contributed by atoms with E-state index in [2.05, 4.69) is 15.0 Å². The first-order valence-corrected chi connectivity index (χ1v) is 5.33. The Balaban J connectivity index is 2.07. The summed E-state index contributed by atoms with van der Waals surface area (Å²) in [5.74, 6) is 0. The van der Waals surface area contributed by atoms with Crippen molar-refractivity contribution < 1.29 is 0 Å². The molecule has 78 valence electrons. The summed E-state index contributed by atoms with van der Waals surface area (Å²) >= 11 is 5.83. The van der Waals surface area contributed by atoms with Gasteiger partial charge in [-0.05, 0) is 29.8 Å². The van der Waals surface area contributed by atoms with Crippen molar-refractivity contribution in [2.24, 2.45) is 9.98 Å². The Labute approximate surface area is 97.2 Å². The summed E-state index contributed by atoms with van der Waals surface area (Å²) in [6, 6.07) is 11.3. The zero-order chi connectivity index (χ0) is 11.0. The second-order valence-electron chi connectivity index (χ2n) is 3.53. The number of benzene rings is 1. The van der Waals surface area contributed by atoms with E-state index in [1.807, 2.05) is 36.4 Å². The molecule has 0 bridgehead atoms. The number of hydrogen-bond donors (Lipinski definition) is 0. The Morgan fingerprint density at radius 3 is 2.56 bits per heavy atom. The molecule has 0 radical (unpaired) electrons. The lowest BCUT2D eigenvalue weighted by molar-refractivity contribution is 0.767. The molecule has 3 nitrogen and oxygen atoms in total. The second kappa shape index (κ2) is 3.68. The van der Waals surface area contributed by atoms with Crippen LogP contribution in [0.1, 0.15) is 11.7 Å². The fourth-order valence-corrected chi connectivity index (χ4v) is 1.78. The molecule has 0 spiro atoms. The van der Waals surface area contributed by atoms with Crippen LogP contribution in [0.3, 0.4) is 0 Å². The normalized spacial score (nSPS) is 17.4. The Morgan fingerprint density at radius 2 is 1.81 bits per heavy atom. The van der Waals surface area contributed by atoms with Crippen molar-refractivity contribution in [2.75, 3.05) is 0 Å². The third-order valence-corrected chi connectivity index (χ3v) is 2.69. The Morgan fingerprint density at radius 1 is 1.00 bits per heavy atom. The van der Waals surface area contributed by atoms with E-state index in [9.17, 15) is 0 Å². The van der Waals surface area contributed by atoms with E-state index in [0.717, 1.165) is 15.9 Å². The van der Waals surface area contributed by atoms with Crippen LogP contribution in [0.5, 0.6) is 0 Å². The average Bonchev–Trinajstić information content (AvgIpc) is 2.73. The van der Waals surface area contributed by atoms with Gasteiger partial charge in [0.05, 0.1) is 0 Å². The van der Waals surface area contributed by atoms with Gasteiger partial charge in [0.25, 0.3) is 0 Å². The predicted octanol–water partition coefficient (Wildman–Crippen LogP) is 1.69. The highest BCUT2D eigenvalue weighted by atomic mass is 35.5. The molecule has 0 amide bonds. The van der Waals surface area contributed by atoms with Crippen LogP contribution in [0, 0.1) is 0 Å². The highest BCUT2D eigenvalue weighted by Gasteiger charge is 2.12. The van der Waals surface area contributed by atoms with Crippen molar-refractivity contribution in [1.82, 2.24) is 4.98 Å². The minimum atomic E-state index is -0.179. The molecule has 1 aromatic carbocycles. The van der Waals surface area contributed by atoms with Gasteiger partial charge in [0.15, 0.2) is 11.7 Å². The van der Waals surface area contributed by atoms with Crippen LogP contribution in [-0.4, -0.2) is 4.98 Å². The topological polar surface area (TPSA) is 37.6 Å². The second-order valence-corrected chi connectivity index (χ2v) is 3.97. The number of aromatic nitrogens is 1. The fraction of sp³-hybridized carbons (Fsp3) is 0.0833. The summed E-state index contributed by atoms with van der Waals surface area (Å²) in [4.78, 5) is 13.1. The third-order valence-electron chi connectivity index (χ3n) is 2.44. The van der Waals surface area contributed by atoms with E-state index in [1.54, 1.807) is 6.20 Å². The number of halogens is 1. The van der Waals surface area contributed by atoms with Gasteiger partial charge in [0.1, 0.15) is 5.36 Å². The molecule has 1 aliphatic rings. The maximum absolute atomic E-state index is 5.83. The number of hydrogen-bond acceptors (Lipinski definition) is 3. The molecule has 2 aromatic rings. The quantitative estimate of drug-likeness (QED) is 0.733. The van der Waals surface area contributed by atoms with Gasteiger partial charge in [0.2, 0.25) is 0 Å². The first-order valence-electron chi connectivity index (χ1n) is 4.95. The first-order chi connectivity index (χ1) is 7.83. The van der Waals surface area contributed by atoms with Gasteiger partial charge in [-0.3, -0.25) is 0 Å². The van der Waals surface area contributed by atoms with Crippen molar-refractivity contribution in [1.29, 1.82) is 0 Å². The van der Waals surface area contributed by atoms with Gasteiger partial charge in [-0.15, -0.1) is 0 Å². The van der Waals surface area contributed by atoms with Gasteiger partial charge >= 0.3 is 0 Å². The van der Waals surface area contributed by atoms with E-state index in [1.165, 1.54) is 0 Å². The van der Waals surface area contributed by atoms with Crippen LogP contribution in [0.25, 0.3) is 0 Å². The first kappa shape index (κ1) is 9.48. The van der Waals surface area contributed by atoms with E-state index >= 15 is 0 Å². The lowest BCUT2D eigenvalue weighted by atomic mass is 10.2. The molecule has 2 heterocycles. The lowest BCUT2D eigenvalue weighted by Crippen LogP contribution is -2.23. The third kappa shape index (κ3) is 1.59. The van der Waals surface area contributed by atoms with Crippen LogP contribution in [-0.2, 0) is 0 Å². The van der Waals surface area contributed by atoms with Crippen molar-refractivity contribution in [2.45, 2.75) is 6.17 Å². The molecule has 0 aliphatic carbocycles. The minimum absolute atomic E-state index is 0.179. The summed E-state index contributed by atoms with van der Waals surface area (Å²) in [6.07, 6.45) is 1.55. The van der Waals surface area contributed by atoms with Crippen LogP contribution in [0.4, 0.5) is 0 Å². The van der Waals surface area contributed by atoms with Gasteiger partial charge < -0.3 is 0 Å². The summed E-state index contributed by atoms with van der Waals surface area (Å²) < 4.78 is 0. The van der Waals surface area contributed by atoms with Crippen LogP contribution >= 0.6 is 11.6 Å². The molecule has 1 aromatic heterocycles. The monoisotopic (exact) mass is 229 g/mol. The molecular weight excluding hydrogens is 222 g/mol. The Hall–Kier alpha value is -1.74. The molecular formula is C12H8ClN3. The molecule has 4 heteroatoms. The largest absolute Gasteiger partial charge is 0.250 e. The van der Waals surface area contributed by atoms with E-state index in [4.69, 9.17) is 11.6 Å². The summed E-state index contributed by atoms with van der Waals surface area (Å²) in [7, 11) is 0. The fourth-order valence-electron chi connectivity index (χ4n) is 1.65. The predicted molar refractivity (Wildman–Crippen MR) is 60.7 cm³/mol. The lowest BCUT2D eigenvalue weighted by Gasteiger charge is -2.03. The number of pyridine rings is 1.